The number of fused-ring (bicyclic) bond motifs is 1. The number of nitrogens with one attached hydrogen (secondary N) is 1. The number of aromatic nitrogens is 1. The van der Waals surface area contributed by atoms with E-state index in [0.717, 1.165) is 33.5 Å². The largest absolute Gasteiger partial charge is 0.353 e. The highest BCUT2D eigenvalue weighted by molar-refractivity contribution is 5.96. The van der Waals surface area contributed by atoms with Crippen LogP contribution >= 0.6 is 0 Å². The minimum absolute atomic E-state index is 0.960. The van der Waals surface area contributed by atoms with Crippen LogP contribution in [0.2, 0.25) is 0 Å². The minimum Gasteiger partial charge on any atom is -0.353 e. The molecule has 0 amide bonds. The normalized spacial score (nSPS) is 11.2. The Kier molecular flexibility index (Phi) is 4.67. The molecule has 1 heterocycles. The fourth-order valence-corrected chi connectivity index (χ4v) is 3.22. The molecule has 3 heteroatoms. The SMILES string of the molecule is Cc1cccc(C)c1N=Cc1ccccc1Nc1cccc2cccnc12. The van der Waals surface area contributed by atoms with Gasteiger partial charge in [0.15, 0.2) is 0 Å². The van der Waals surface area contributed by atoms with Crippen molar-refractivity contribution in [1.82, 2.24) is 4.98 Å². The van der Waals surface area contributed by atoms with Gasteiger partial charge >= 0.3 is 0 Å². The molecule has 0 unspecified atom stereocenters. The molecule has 132 valence electrons. The van der Waals surface area contributed by atoms with Crippen molar-refractivity contribution >= 4 is 34.2 Å². The average molecular weight is 351 g/mol. The number of pyridine rings is 1. The Bertz CT molecular complexity index is 1100. The predicted molar refractivity (Wildman–Crippen MR) is 115 cm³/mol. The molecule has 0 saturated carbocycles. The van der Waals surface area contributed by atoms with E-state index < -0.39 is 0 Å². The van der Waals surface area contributed by atoms with Crippen LogP contribution in [0.4, 0.5) is 17.1 Å². The summed E-state index contributed by atoms with van der Waals surface area (Å²) in [5.74, 6) is 0. The van der Waals surface area contributed by atoms with Crippen molar-refractivity contribution in [1.29, 1.82) is 0 Å². The second kappa shape index (κ2) is 7.42. The zero-order valence-electron chi connectivity index (χ0n) is 15.5. The van der Waals surface area contributed by atoms with Crippen LogP contribution in [-0.2, 0) is 0 Å². The van der Waals surface area contributed by atoms with Gasteiger partial charge < -0.3 is 5.32 Å². The Morgan fingerprint density at radius 2 is 1.48 bits per heavy atom. The van der Waals surface area contributed by atoms with Gasteiger partial charge in [-0.15, -0.1) is 0 Å². The van der Waals surface area contributed by atoms with Gasteiger partial charge in [0.05, 0.1) is 16.9 Å². The Morgan fingerprint density at radius 3 is 2.33 bits per heavy atom. The molecule has 1 N–H and O–H groups in total. The van der Waals surface area contributed by atoms with Gasteiger partial charge in [-0.1, -0.05) is 54.6 Å². The van der Waals surface area contributed by atoms with Crippen LogP contribution in [-0.4, -0.2) is 11.2 Å². The van der Waals surface area contributed by atoms with Crippen LogP contribution in [0.1, 0.15) is 16.7 Å². The Hall–Kier alpha value is -3.46. The molecule has 3 nitrogen and oxygen atoms in total. The molecule has 0 spiro atoms. The lowest BCUT2D eigenvalue weighted by Crippen LogP contribution is -1.97. The van der Waals surface area contributed by atoms with Gasteiger partial charge in [-0.05, 0) is 43.2 Å². The van der Waals surface area contributed by atoms with Crippen LogP contribution in [0.5, 0.6) is 0 Å². The van der Waals surface area contributed by atoms with E-state index in [1.165, 1.54) is 11.1 Å². The summed E-state index contributed by atoms with van der Waals surface area (Å²) in [6.07, 6.45) is 3.75. The molecule has 0 aliphatic heterocycles. The van der Waals surface area contributed by atoms with E-state index in [2.05, 4.69) is 72.7 Å². The van der Waals surface area contributed by atoms with E-state index in [1.54, 1.807) is 0 Å². The van der Waals surface area contributed by atoms with Gasteiger partial charge in [0, 0.05) is 29.0 Å². The van der Waals surface area contributed by atoms with Crippen LogP contribution in [0.25, 0.3) is 10.9 Å². The number of aliphatic imine (C=N–C) groups is 1. The number of rotatable bonds is 4. The second-order valence-corrected chi connectivity index (χ2v) is 6.59. The Morgan fingerprint density at radius 1 is 0.778 bits per heavy atom. The number of para-hydroxylation sites is 3. The standard InChI is InChI=1S/C24H21N3/c1-17-8-5-9-18(2)23(17)26-16-20-10-3-4-13-21(20)27-22-14-6-11-19-12-7-15-25-24(19)22/h3-16,27H,1-2H3. The molecule has 4 aromatic rings. The van der Waals surface area contributed by atoms with E-state index in [1.807, 2.05) is 36.7 Å². The summed E-state index contributed by atoms with van der Waals surface area (Å²) in [7, 11) is 0. The third kappa shape index (κ3) is 3.58. The van der Waals surface area contributed by atoms with Gasteiger partial charge in [0.2, 0.25) is 0 Å². The van der Waals surface area contributed by atoms with Crippen LogP contribution in [0, 0.1) is 13.8 Å². The fraction of sp³-hybridized carbons (Fsp3) is 0.0833. The lowest BCUT2D eigenvalue weighted by molar-refractivity contribution is 1.33. The summed E-state index contributed by atoms with van der Waals surface area (Å²) >= 11 is 0. The molecule has 4 rings (SSSR count). The van der Waals surface area contributed by atoms with E-state index in [-0.39, 0.29) is 0 Å². The Labute approximate surface area is 159 Å². The topological polar surface area (TPSA) is 37.3 Å². The summed E-state index contributed by atoms with van der Waals surface area (Å²) in [5, 5.41) is 4.64. The third-order valence-electron chi connectivity index (χ3n) is 4.64. The van der Waals surface area contributed by atoms with Gasteiger partial charge in [0.25, 0.3) is 0 Å². The average Bonchev–Trinajstić information content (AvgIpc) is 2.69. The molecule has 27 heavy (non-hydrogen) atoms. The monoisotopic (exact) mass is 351 g/mol. The zero-order valence-corrected chi connectivity index (χ0v) is 15.5. The Balaban J connectivity index is 1.70. The number of benzene rings is 3. The molecule has 0 fully saturated rings. The third-order valence-corrected chi connectivity index (χ3v) is 4.64. The number of anilines is 2. The summed E-state index contributed by atoms with van der Waals surface area (Å²) in [6, 6.07) is 24.6. The van der Waals surface area contributed by atoms with Crippen molar-refractivity contribution in [2.45, 2.75) is 13.8 Å². The van der Waals surface area contributed by atoms with Crippen LogP contribution < -0.4 is 5.32 Å². The lowest BCUT2D eigenvalue weighted by Gasteiger charge is -2.11. The first kappa shape index (κ1) is 17.0. The maximum Gasteiger partial charge on any atom is 0.0936 e. The number of aryl methyl sites for hydroxylation is 2. The summed E-state index contributed by atoms with van der Waals surface area (Å²) in [6.45, 7) is 4.18. The predicted octanol–water partition coefficient (Wildman–Crippen LogP) is 6.35. The van der Waals surface area contributed by atoms with E-state index in [9.17, 15) is 0 Å². The van der Waals surface area contributed by atoms with E-state index in [0.29, 0.717) is 0 Å². The van der Waals surface area contributed by atoms with Crippen molar-refractivity contribution in [2.24, 2.45) is 4.99 Å². The molecule has 0 aliphatic rings. The molecular formula is C24H21N3. The van der Waals surface area contributed by atoms with Crippen molar-refractivity contribution in [2.75, 3.05) is 5.32 Å². The fourth-order valence-electron chi connectivity index (χ4n) is 3.22. The van der Waals surface area contributed by atoms with Crippen molar-refractivity contribution < 1.29 is 0 Å². The summed E-state index contributed by atoms with van der Waals surface area (Å²) in [4.78, 5) is 9.29. The smallest absolute Gasteiger partial charge is 0.0936 e. The number of nitrogens with zero attached hydrogens (tertiary/aromatic N) is 2. The van der Waals surface area contributed by atoms with Crippen LogP contribution in [0.3, 0.4) is 0 Å². The number of hydrogen-bond donors (Lipinski definition) is 1. The van der Waals surface area contributed by atoms with Crippen LogP contribution in [0.15, 0.2) is 84.0 Å². The van der Waals surface area contributed by atoms with Crippen molar-refractivity contribution in [3.8, 4) is 0 Å². The molecule has 1 aromatic heterocycles. The first-order valence-corrected chi connectivity index (χ1v) is 9.02. The van der Waals surface area contributed by atoms with Gasteiger partial charge in [0.1, 0.15) is 0 Å². The van der Waals surface area contributed by atoms with Crippen molar-refractivity contribution in [3.05, 3.63) is 95.7 Å². The van der Waals surface area contributed by atoms with Crippen molar-refractivity contribution in [3.63, 3.8) is 0 Å². The molecule has 0 aliphatic carbocycles. The maximum absolute atomic E-state index is 4.76. The highest BCUT2D eigenvalue weighted by atomic mass is 14.9. The van der Waals surface area contributed by atoms with Gasteiger partial charge in [-0.2, -0.15) is 0 Å². The first-order chi connectivity index (χ1) is 13.2. The minimum atomic E-state index is 0.960. The quantitative estimate of drug-likeness (QED) is 0.435. The molecule has 3 aromatic carbocycles. The number of hydrogen-bond acceptors (Lipinski definition) is 3. The molecule has 0 radical (unpaired) electrons. The van der Waals surface area contributed by atoms with E-state index in [4.69, 9.17) is 4.99 Å². The molecular weight excluding hydrogens is 330 g/mol. The second-order valence-electron chi connectivity index (χ2n) is 6.59. The lowest BCUT2D eigenvalue weighted by atomic mass is 10.1. The van der Waals surface area contributed by atoms with Gasteiger partial charge in [-0.3, -0.25) is 9.98 Å². The molecule has 0 atom stereocenters. The maximum atomic E-state index is 4.76. The zero-order chi connectivity index (χ0) is 18.6. The molecule has 0 bridgehead atoms. The summed E-state index contributed by atoms with van der Waals surface area (Å²) in [5.41, 5.74) is 7.37. The highest BCUT2D eigenvalue weighted by Gasteiger charge is 2.05. The van der Waals surface area contributed by atoms with E-state index >= 15 is 0 Å². The summed E-state index contributed by atoms with van der Waals surface area (Å²) < 4.78 is 0. The highest BCUT2D eigenvalue weighted by Crippen LogP contribution is 2.27. The first-order valence-electron chi connectivity index (χ1n) is 9.02. The molecule has 0 saturated heterocycles. The van der Waals surface area contributed by atoms with Gasteiger partial charge in [-0.25, -0.2) is 0 Å².